The average Bonchev–Trinajstić information content (AvgIpc) is 2.92. The van der Waals surface area contributed by atoms with Gasteiger partial charge in [0, 0.05) is 11.5 Å². The van der Waals surface area contributed by atoms with E-state index < -0.39 is 5.63 Å². The number of methoxy groups -OCH3 is 2. The Kier molecular flexibility index (Phi) is 10.0. The minimum atomic E-state index is -0.531. The molecular weight excluding hydrogens is 484 g/mol. The van der Waals surface area contributed by atoms with Crippen molar-refractivity contribution in [2.45, 2.75) is 0 Å². The van der Waals surface area contributed by atoms with Crippen molar-refractivity contribution in [2.24, 2.45) is 0 Å². The van der Waals surface area contributed by atoms with Crippen LogP contribution in [0.25, 0.3) is 22.1 Å². The summed E-state index contributed by atoms with van der Waals surface area (Å²) in [5, 5.41) is 0.670. The van der Waals surface area contributed by atoms with Crippen LogP contribution in [0.3, 0.4) is 0 Å². The van der Waals surface area contributed by atoms with E-state index in [1.165, 1.54) is 0 Å². The van der Waals surface area contributed by atoms with Crippen LogP contribution in [-0.2, 0) is 18.9 Å². The summed E-state index contributed by atoms with van der Waals surface area (Å²) in [5.74, 6) is 1.89. The van der Waals surface area contributed by atoms with Crippen LogP contribution in [0.4, 0.5) is 0 Å². The molecule has 10 heteroatoms. The van der Waals surface area contributed by atoms with Crippen molar-refractivity contribution in [3.05, 3.63) is 46.8 Å². The number of hydrogen-bond acceptors (Lipinski definition) is 10. The first kappa shape index (κ1) is 26.7. The minimum absolute atomic E-state index is 0.230. The molecule has 0 bridgehead atoms. The van der Waals surface area contributed by atoms with Gasteiger partial charge in [-0.05, 0) is 35.9 Å². The average molecular weight is 517 g/mol. The summed E-state index contributed by atoms with van der Waals surface area (Å²) in [7, 11) is 3.11. The number of ether oxygens (including phenoxy) is 8. The van der Waals surface area contributed by atoms with Crippen LogP contribution in [0.2, 0.25) is 0 Å². The van der Waals surface area contributed by atoms with Gasteiger partial charge in [0.1, 0.15) is 24.7 Å². The smallest absolute Gasteiger partial charge is 0.344 e. The van der Waals surface area contributed by atoms with E-state index in [-0.39, 0.29) is 18.8 Å². The summed E-state index contributed by atoms with van der Waals surface area (Å²) in [6, 6.07) is 10.6. The molecule has 0 atom stereocenters. The van der Waals surface area contributed by atoms with Crippen LogP contribution in [0.1, 0.15) is 0 Å². The lowest BCUT2D eigenvalue weighted by Crippen LogP contribution is -2.16. The zero-order valence-corrected chi connectivity index (χ0v) is 21.1. The highest BCUT2D eigenvalue weighted by Crippen LogP contribution is 2.37. The second-order valence-electron chi connectivity index (χ2n) is 8.01. The molecule has 0 N–H and O–H groups in total. The Morgan fingerprint density at radius 2 is 1.19 bits per heavy atom. The Bertz CT molecular complexity index is 1180. The van der Waals surface area contributed by atoms with Gasteiger partial charge in [0.25, 0.3) is 0 Å². The highest BCUT2D eigenvalue weighted by Gasteiger charge is 2.18. The SMILES string of the molecule is COc1cc(OC)cc(-c2cc3ccc4c(c3oc2=O)OCCOCCOCCOCCOCCO4)c1. The zero-order valence-electron chi connectivity index (χ0n) is 21.1. The number of benzene rings is 2. The summed E-state index contributed by atoms with van der Waals surface area (Å²) in [6.07, 6.45) is 0. The van der Waals surface area contributed by atoms with Gasteiger partial charge in [-0.15, -0.1) is 0 Å². The maximum Gasteiger partial charge on any atom is 0.344 e. The second kappa shape index (κ2) is 13.8. The largest absolute Gasteiger partial charge is 0.497 e. The van der Waals surface area contributed by atoms with Crippen LogP contribution in [0.15, 0.2) is 45.6 Å². The van der Waals surface area contributed by atoms with Crippen LogP contribution < -0.4 is 24.6 Å². The lowest BCUT2D eigenvalue weighted by atomic mass is 10.0. The standard InChI is InChI=1S/C27H32O10/c1-29-21-15-20(16-22(18-21)30-2)23-17-19-3-4-24-26(25(19)37-27(23)28)36-14-12-34-10-8-32-6-5-31-7-9-33-11-13-35-24/h3-4,15-18H,5-14H2,1-2H3. The van der Waals surface area contributed by atoms with Crippen molar-refractivity contribution in [1.29, 1.82) is 0 Å². The van der Waals surface area contributed by atoms with Crippen molar-refractivity contribution >= 4 is 11.0 Å². The zero-order chi connectivity index (χ0) is 25.9. The summed E-state index contributed by atoms with van der Waals surface area (Å²) < 4.78 is 50.4. The van der Waals surface area contributed by atoms with Gasteiger partial charge in [-0.3, -0.25) is 0 Å². The van der Waals surface area contributed by atoms with Crippen molar-refractivity contribution < 1.29 is 42.3 Å². The lowest BCUT2D eigenvalue weighted by Gasteiger charge is -2.15. The Labute approximate surface area is 214 Å². The maximum absolute atomic E-state index is 13.1. The van der Waals surface area contributed by atoms with Crippen molar-refractivity contribution in [1.82, 2.24) is 0 Å². The van der Waals surface area contributed by atoms with E-state index in [0.29, 0.717) is 92.4 Å². The molecular formula is C27H32O10. The summed E-state index contributed by atoms with van der Waals surface area (Å²) in [4.78, 5) is 13.1. The highest BCUT2D eigenvalue weighted by molar-refractivity contribution is 5.88. The van der Waals surface area contributed by atoms with Gasteiger partial charge in [-0.2, -0.15) is 0 Å². The molecule has 1 aromatic heterocycles. The quantitative estimate of drug-likeness (QED) is 0.482. The molecule has 4 rings (SSSR count). The van der Waals surface area contributed by atoms with E-state index in [9.17, 15) is 4.79 Å². The number of fused-ring (bicyclic) bond motifs is 3. The molecule has 1 aliphatic rings. The predicted octanol–water partition coefficient (Wildman–Crippen LogP) is 3.31. The van der Waals surface area contributed by atoms with E-state index >= 15 is 0 Å². The first-order valence-electron chi connectivity index (χ1n) is 12.1. The predicted molar refractivity (Wildman–Crippen MR) is 135 cm³/mol. The molecule has 0 radical (unpaired) electrons. The Morgan fingerprint density at radius 3 is 1.76 bits per heavy atom. The molecule has 0 aliphatic carbocycles. The molecule has 0 fully saturated rings. The van der Waals surface area contributed by atoms with Crippen LogP contribution >= 0.6 is 0 Å². The molecule has 200 valence electrons. The van der Waals surface area contributed by atoms with Crippen molar-refractivity contribution in [3.63, 3.8) is 0 Å². The molecule has 0 spiro atoms. The molecule has 10 nitrogen and oxygen atoms in total. The Balaban J connectivity index is 1.62. The Hall–Kier alpha value is -3.31. The fraction of sp³-hybridized carbons (Fsp3) is 0.444. The van der Waals surface area contributed by atoms with E-state index in [4.69, 9.17) is 42.3 Å². The second-order valence-corrected chi connectivity index (χ2v) is 8.01. The topological polar surface area (TPSA) is 104 Å². The van der Waals surface area contributed by atoms with Gasteiger partial charge in [0.2, 0.25) is 5.75 Å². The van der Waals surface area contributed by atoms with Crippen molar-refractivity contribution in [3.8, 4) is 34.1 Å². The third-order valence-electron chi connectivity index (χ3n) is 5.56. The van der Waals surface area contributed by atoms with Crippen LogP contribution in [0, 0.1) is 0 Å². The molecule has 0 amide bonds. The van der Waals surface area contributed by atoms with Gasteiger partial charge in [0.05, 0.1) is 72.6 Å². The first-order valence-corrected chi connectivity index (χ1v) is 12.1. The number of rotatable bonds is 3. The molecule has 0 saturated heterocycles. The molecule has 0 saturated carbocycles. The molecule has 3 aromatic rings. The monoisotopic (exact) mass is 516 g/mol. The van der Waals surface area contributed by atoms with E-state index in [2.05, 4.69) is 0 Å². The highest BCUT2D eigenvalue weighted by atomic mass is 16.6. The van der Waals surface area contributed by atoms with Crippen LogP contribution in [-0.4, -0.2) is 80.3 Å². The maximum atomic E-state index is 13.1. The van der Waals surface area contributed by atoms with Gasteiger partial charge in [-0.1, -0.05) is 0 Å². The first-order chi connectivity index (χ1) is 18.2. The third-order valence-corrected chi connectivity index (χ3v) is 5.56. The van der Waals surface area contributed by atoms with Gasteiger partial charge >= 0.3 is 5.63 Å². The summed E-state index contributed by atoms with van der Waals surface area (Å²) in [5.41, 5.74) is 0.730. The molecule has 2 aromatic carbocycles. The summed E-state index contributed by atoms with van der Waals surface area (Å²) >= 11 is 0. The third kappa shape index (κ3) is 7.36. The number of hydrogen-bond donors (Lipinski definition) is 0. The normalized spacial score (nSPS) is 16.5. The molecule has 37 heavy (non-hydrogen) atoms. The fourth-order valence-corrected chi connectivity index (χ4v) is 3.73. The van der Waals surface area contributed by atoms with Crippen LogP contribution in [0.5, 0.6) is 23.0 Å². The molecule has 2 heterocycles. The molecule has 1 aliphatic heterocycles. The summed E-state index contributed by atoms with van der Waals surface area (Å²) in [6.45, 7) is 3.99. The van der Waals surface area contributed by atoms with E-state index in [0.717, 1.165) is 0 Å². The minimum Gasteiger partial charge on any atom is -0.497 e. The lowest BCUT2D eigenvalue weighted by molar-refractivity contribution is -0.00838. The Morgan fingerprint density at radius 1 is 0.649 bits per heavy atom. The molecule has 0 unspecified atom stereocenters. The van der Waals surface area contributed by atoms with Gasteiger partial charge in [0.15, 0.2) is 11.3 Å². The van der Waals surface area contributed by atoms with E-state index in [1.807, 2.05) is 6.07 Å². The fourth-order valence-electron chi connectivity index (χ4n) is 3.73. The van der Waals surface area contributed by atoms with Gasteiger partial charge < -0.3 is 42.3 Å². The van der Waals surface area contributed by atoms with Gasteiger partial charge in [-0.25, -0.2) is 4.79 Å². The van der Waals surface area contributed by atoms with Crippen molar-refractivity contribution in [2.75, 3.05) is 80.3 Å². The van der Waals surface area contributed by atoms with E-state index in [1.54, 1.807) is 44.6 Å².